The number of fused-ring (bicyclic) bond motifs is 1. The largest absolute Gasteiger partial charge is 0.350 e. The first-order valence-electron chi connectivity index (χ1n) is 10.4. The van der Waals surface area contributed by atoms with Gasteiger partial charge >= 0.3 is 11.7 Å². The number of pyridine rings is 1. The molecule has 4 aromatic rings. The monoisotopic (exact) mass is 427 g/mol. The first-order valence-corrected chi connectivity index (χ1v) is 10.4. The van der Waals surface area contributed by atoms with Crippen LogP contribution in [0.4, 0.5) is 4.79 Å². The van der Waals surface area contributed by atoms with Crippen LogP contribution in [0.25, 0.3) is 5.65 Å². The summed E-state index contributed by atoms with van der Waals surface area (Å²) in [6.07, 6.45) is 1.64. The summed E-state index contributed by atoms with van der Waals surface area (Å²) >= 11 is 0. The molecule has 2 aromatic heterocycles. The first-order chi connectivity index (χ1) is 15.6. The van der Waals surface area contributed by atoms with E-state index in [2.05, 4.69) is 5.10 Å². The molecular formula is C24H21N5O3. The van der Waals surface area contributed by atoms with E-state index >= 15 is 0 Å². The van der Waals surface area contributed by atoms with Crippen molar-refractivity contribution >= 4 is 17.6 Å². The topological polar surface area (TPSA) is 79.9 Å². The molecule has 0 spiro atoms. The van der Waals surface area contributed by atoms with E-state index in [-0.39, 0.29) is 30.7 Å². The number of amides is 3. The van der Waals surface area contributed by atoms with Crippen LogP contribution >= 0.6 is 0 Å². The second kappa shape index (κ2) is 8.14. The summed E-state index contributed by atoms with van der Waals surface area (Å²) in [5.74, 6) is -0.297. The van der Waals surface area contributed by atoms with Crippen LogP contribution in [0.15, 0.2) is 89.9 Å². The quantitative estimate of drug-likeness (QED) is 0.443. The number of aromatic nitrogens is 3. The molecule has 1 aliphatic heterocycles. The van der Waals surface area contributed by atoms with Crippen LogP contribution < -0.4 is 5.69 Å². The van der Waals surface area contributed by atoms with Crippen LogP contribution in [0.3, 0.4) is 0 Å². The second-order valence-electron chi connectivity index (χ2n) is 7.63. The maximum Gasteiger partial charge on any atom is 0.350 e. The Morgan fingerprint density at radius 1 is 0.781 bits per heavy atom. The van der Waals surface area contributed by atoms with Gasteiger partial charge in [0, 0.05) is 12.7 Å². The third-order valence-electron chi connectivity index (χ3n) is 5.62. The van der Waals surface area contributed by atoms with Crippen molar-refractivity contribution < 1.29 is 9.59 Å². The minimum Gasteiger partial charge on any atom is -0.304 e. The normalized spacial score (nSPS) is 16.3. The van der Waals surface area contributed by atoms with Crippen molar-refractivity contribution in [3.63, 3.8) is 0 Å². The van der Waals surface area contributed by atoms with E-state index in [0.717, 1.165) is 11.1 Å². The van der Waals surface area contributed by atoms with Gasteiger partial charge in [-0.1, -0.05) is 66.7 Å². The number of urea groups is 1. The Morgan fingerprint density at radius 2 is 1.47 bits per heavy atom. The van der Waals surface area contributed by atoms with Crippen molar-refractivity contribution in [2.75, 3.05) is 6.54 Å². The molecule has 0 radical (unpaired) electrons. The summed E-state index contributed by atoms with van der Waals surface area (Å²) in [4.78, 5) is 42.0. The number of hydrogen-bond donors (Lipinski definition) is 0. The van der Waals surface area contributed by atoms with Gasteiger partial charge in [-0.25, -0.2) is 14.3 Å². The summed E-state index contributed by atoms with van der Waals surface area (Å²) in [7, 11) is 0. The van der Waals surface area contributed by atoms with Crippen LogP contribution in [-0.2, 0) is 17.9 Å². The summed E-state index contributed by atoms with van der Waals surface area (Å²) in [5.41, 5.74) is 1.91. The van der Waals surface area contributed by atoms with Gasteiger partial charge < -0.3 is 4.90 Å². The van der Waals surface area contributed by atoms with Gasteiger partial charge in [-0.05, 0) is 23.3 Å². The Labute approximate surface area is 183 Å². The van der Waals surface area contributed by atoms with Gasteiger partial charge in [0.05, 0.1) is 13.1 Å². The molecule has 32 heavy (non-hydrogen) atoms. The van der Waals surface area contributed by atoms with Gasteiger partial charge in [0.15, 0.2) is 5.65 Å². The van der Waals surface area contributed by atoms with Crippen molar-refractivity contribution in [2.24, 2.45) is 0 Å². The highest BCUT2D eigenvalue weighted by molar-refractivity contribution is 6.04. The Morgan fingerprint density at radius 3 is 2.19 bits per heavy atom. The summed E-state index contributed by atoms with van der Waals surface area (Å²) in [6.45, 7) is 0.505. The lowest BCUT2D eigenvalue weighted by Gasteiger charge is -2.22. The van der Waals surface area contributed by atoms with E-state index in [1.165, 1.54) is 14.0 Å². The van der Waals surface area contributed by atoms with E-state index in [9.17, 15) is 14.4 Å². The lowest BCUT2D eigenvalue weighted by atomic mass is 10.1. The van der Waals surface area contributed by atoms with Crippen LogP contribution in [0.1, 0.15) is 17.2 Å². The predicted molar refractivity (Wildman–Crippen MR) is 118 cm³/mol. The fourth-order valence-electron chi connectivity index (χ4n) is 4.05. The molecule has 160 valence electrons. The third-order valence-corrected chi connectivity index (χ3v) is 5.62. The molecule has 0 saturated carbocycles. The minimum atomic E-state index is -0.707. The Kier molecular flexibility index (Phi) is 5.03. The summed E-state index contributed by atoms with van der Waals surface area (Å²) in [5, 5.41) is 4.29. The molecule has 8 nitrogen and oxygen atoms in total. The number of benzene rings is 2. The Hall–Kier alpha value is -4.20. The van der Waals surface area contributed by atoms with Crippen LogP contribution in [0.5, 0.6) is 0 Å². The number of carbonyl (C=O) groups is 2. The van der Waals surface area contributed by atoms with Gasteiger partial charge in [0.25, 0.3) is 5.91 Å². The molecule has 1 aliphatic rings. The van der Waals surface area contributed by atoms with Crippen LogP contribution in [-0.4, -0.2) is 42.5 Å². The van der Waals surface area contributed by atoms with E-state index in [4.69, 9.17) is 0 Å². The first kappa shape index (κ1) is 19.7. The summed E-state index contributed by atoms with van der Waals surface area (Å²) in [6, 6.07) is 23.1. The molecular weight excluding hydrogens is 406 g/mol. The maximum atomic E-state index is 13.3. The SMILES string of the molecule is O=C1C(c2ccccc2)N(Cc2ccccc2)C(=O)N1CCn1nc2ccccn2c1=O. The highest BCUT2D eigenvalue weighted by Gasteiger charge is 2.45. The smallest absolute Gasteiger partial charge is 0.304 e. The highest BCUT2D eigenvalue weighted by atomic mass is 16.2. The van der Waals surface area contributed by atoms with Gasteiger partial charge in [0.1, 0.15) is 6.04 Å². The molecule has 1 saturated heterocycles. The molecule has 8 heteroatoms. The van der Waals surface area contributed by atoms with Gasteiger partial charge in [-0.3, -0.25) is 14.1 Å². The second-order valence-corrected chi connectivity index (χ2v) is 7.63. The van der Waals surface area contributed by atoms with Crippen LogP contribution in [0, 0.1) is 0 Å². The molecule has 1 atom stereocenters. The Bertz CT molecular complexity index is 1330. The number of hydrogen-bond acceptors (Lipinski definition) is 4. The molecule has 0 bridgehead atoms. The molecule has 2 aromatic carbocycles. The van der Waals surface area contributed by atoms with Gasteiger partial charge in [-0.2, -0.15) is 0 Å². The van der Waals surface area contributed by atoms with Crippen LogP contribution in [0.2, 0.25) is 0 Å². The van der Waals surface area contributed by atoms with Crippen molar-refractivity contribution in [1.29, 1.82) is 0 Å². The van der Waals surface area contributed by atoms with Crippen molar-refractivity contribution in [1.82, 2.24) is 24.0 Å². The molecule has 5 rings (SSSR count). The van der Waals surface area contributed by atoms with Gasteiger partial charge in [0.2, 0.25) is 0 Å². The molecule has 1 fully saturated rings. The predicted octanol–water partition coefficient (Wildman–Crippen LogP) is 2.70. The van der Waals surface area contributed by atoms with Crippen molar-refractivity contribution in [2.45, 2.75) is 19.1 Å². The van der Waals surface area contributed by atoms with E-state index in [0.29, 0.717) is 12.2 Å². The molecule has 0 N–H and O–H groups in total. The van der Waals surface area contributed by atoms with E-state index < -0.39 is 6.04 Å². The Balaban J connectivity index is 1.43. The van der Waals surface area contributed by atoms with Crippen molar-refractivity contribution in [3.8, 4) is 0 Å². The van der Waals surface area contributed by atoms with E-state index in [1.54, 1.807) is 29.3 Å². The molecule has 3 amide bonds. The lowest BCUT2D eigenvalue weighted by Crippen LogP contribution is -2.37. The average molecular weight is 427 g/mol. The fourth-order valence-corrected chi connectivity index (χ4v) is 4.05. The zero-order valence-electron chi connectivity index (χ0n) is 17.2. The molecule has 1 unspecified atom stereocenters. The zero-order chi connectivity index (χ0) is 22.1. The maximum absolute atomic E-state index is 13.3. The van der Waals surface area contributed by atoms with Crippen molar-refractivity contribution in [3.05, 3.63) is 107 Å². The standard InChI is InChI=1S/C24H21N5O3/c30-22-21(19-11-5-2-6-12-19)28(17-18-9-3-1-4-10-18)23(31)27(22)15-16-29-24(32)26-14-8-7-13-20(26)25-29/h1-14,21H,15-17H2. The number of carbonyl (C=O) groups excluding carboxylic acids is 2. The average Bonchev–Trinajstić information content (AvgIpc) is 3.27. The molecule has 0 aliphatic carbocycles. The van der Waals surface area contributed by atoms with Gasteiger partial charge in [-0.15, -0.1) is 5.10 Å². The highest BCUT2D eigenvalue weighted by Crippen LogP contribution is 2.32. The zero-order valence-corrected chi connectivity index (χ0v) is 17.2. The number of nitrogens with zero attached hydrogens (tertiary/aromatic N) is 5. The summed E-state index contributed by atoms with van der Waals surface area (Å²) < 4.78 is 2.72. The fraction of sp³-hybridized carbons (Fsp3) is 0.167. The number of rotatable bonds is 6. The minimum absolute atomic E-state index is 0.0656. The third kappa shape index (κ3) is 3.45. The lowest BCUT2D eigenvalue weighted by molar-refractivity contribution is -0.128. The molecule has 3 heterocycles. The van der Waals surface area contributed by atoms with E-state index in [1.807, 2.05) is 60.7 Å². The number of imide groups is 1.